The van der Waals surface area contributed by atoms with E-state index in [1.165, 1.54) is 6.42 Å². The molecular weight excluding hydrogens is 264 g/mol. The van der Waals surface area contributed by atoms with Gasteiger partial charge < -0.3 is 14.6 Å². The van der Waals surface area contributed by atoms with Crippen molar-refractivity contribution in [1.82, 2.24) is 0 Å². The van der Waals surface area contributed by atoms with Crippen LogP contribution in [-0.4, -0.2) is 18.3 Å². The van der Waals surface area contributed by atoms with Gasteiger partial charge in [0.2, 0.25) is 0 Å². The lowest BCUT2D eigenvalue weighted by Crippen LogP contribution is -2.32. The molecule has 1 N–H and O–H groups in total. The van der Waals surface area contributed by atoms with Gasteiger partial charge in [0, 0.05) is 0 Å². The molecule has 1 aliphatic rings. The van der Waals surface area contributed by atoms with E-state index in [0.29, 0.717) is 19.1 Å². The van der Waals surface area contributed by atoms with E-state index in [4.69, 9.17) is 9.47 Å². The zero-order valence-electron chi connectivity index (χ0n) is 13.5. The van der Waals surface area contributed by atoms with Crippen LogP contribution in [0.15, 0.2) is 18.2 Å². The van der Waals surface area contributed by atoms with Crippen molar-refractivity contribution in [3.05, 3.63) is 23.8 Å². The van der Waals surface area contributed by atoms with Crippen LogP contribution in [-0.2, 0) is 5.60 Å². The predicted molar refractivity (Wildman–Crippen MR) is 84.9 cm³/mol. The Kier molecular flexibility index (Phi) is 5.51. The highest BCUT2D eigenvalue weighted by molar-refractivity contribution is 5.44. The lowest BCUT2D eigenvalue weighted by molar-refractivity contribution is -0.0219. The fourth-order valence-corrected chi connectivity index (χ4v) is 3.32. The molecule has 21 heavy (non-hydrogen) atoms. The summed E-state index contributed by atoms with van der Waals surface area (Å²) in [6.07, 6.45) is 5.14. The molecule has 0 bridgehead atoms. The van der Waals surface area contributed by atoms with Crippen LogP contribution < -0.4 is 9.47 Å². The van der Waals surface area contributed by atoms with E-state index in [2.05, 4.69) is 6.92 Å². The number of rotatable bonds is 6. The molecule has 2 rings (SSSR count). The lowest BCUT2D eigenvalue weighted by Gasteiger charge is -2.37. The SMILES string of the molecule is CCOc1ccc(C2(O)CCCC(CC)C2)cc1OCC. The van der Waals surface area contributed by atoms with Crippen molar-refractivity contribution in [1.29, 1.82) is 0 Å². The normalized spacial score (nSPS) is 25.6. The minimum Gasteiger partial charge on any atom is -0.490 e. The molecule has 0 saturated heterocycles. The second-order valence-electron chi connectivity index (χ2n) is 5.93. The first-order chi connectivity index (χ1) is 10.1. The second-order valence-corrected chi connectivity index (χ2v) is 5.93. The van der Waals surface area contributed by atoms with Crippen LogP contribution in [0.5, 0.6) is 11.5 Å². The molecule has 0 amide bonds. The molecular formula is C18H28O3. The largest absolute Gasteiger partial charge is 0.490 e. The van der Waals surface area contributed by atoms with Gasteiger partial charge in [0.15, 0.2) is 11.5 Å². The van der Waals surface area contributed by atoms with Crippen LogP contribution in [0.4, 0.5) is 0 Å². The number of ether oxygens (including phenoxy) is 2. The molecule has 1 saturated carbocycles. The standard InChI is InChI=1S/C18H28O3/c1-4-14-8-7-11-18(19,13-14)15-9-10-16(20-5-2)17(12-15)21-6-3/h9-10,12,14,19H,4-8,11,13H2,1-3H3. The summed E-state index contributed by atoms with van der Waals surface area (Å²) < 4.78 is 11.3. The molecule has 2 unspecified atom stereocenters. The fourth-order valence-electron chi connectivity index (χ4n) is 3.32. The Morgan fingerprint density at radius 1 is 1.14 bits per heavy atom. The highest BCUT2D eigenvalue weighted by atomic mass is 16.5. The van der Waals surface area contributed by atoms with E-state index in [1.807, 2.05) is 32.0 Å². The van der Waals surface area contributed by atoms with Crippen molar-refractivity contribution in [2.75, 3.05) is 13.2 Å². The zero-order valence-corrected chi connectivity index (χ0v) is 13.5. The Balaban J connectivity index is 2.28. The summed E-state index contributed by atoms with van der Waals surface area (Å²) in [5.41, 5.74) is 0.253. The van der Waals surface area contributed by atoms with Gasteiger partial charge in [-0.25, -0.2) is 0 Å². The first kappa shape index (κ1) is 16.2. The lowest BCUT2D eigenvalue weighted by atomic mass is 9.73. The van der Waals surface area contributed by atoms with E-state index in [9.17, 15) is 5.11 Å². The predicted octanol–water partition coefficient (Wildman–Crippen LogP) is 4.27. The summed E-state index contributed by atoms with van der Waals surface area (Å²) in [4.78, 5) is 0. The van der Waals surface area contributed by atoms with Crippen molar-refractivity contribution >= 4 is 0 Å². The zero-order chi connectivity index (χ0) is 15.3. The summed E-state index contributed by atoms with van der Waals surface area (Å²) in [5.74, 6) is 2.12. The molecule has 0 aliphatic heterocycles. The van der Waals surface area contributed by atoms with E-state index in [-0.39, 0.29) is 0 Å². The molecule has 118 valence electrons. The summed E-state index contributed by atoms with van der Waals surface area (Å²) in [6.45, 7) is 7.34. The van der Waals surface area contributed by atoms with Gasteiger partial charge >= 0.3 is 0 Å². The average molecular weight is 292 g/mol. The Labute approximate surface area is 128 Å². The maximum Gasteiger partial charge on any atom is 0.161 e. The van der Waals surface area contributed by atoms with Crippen molar-refractivity contribution < 1.29 is 14.6 Å². The molecule has 1 fully saturated rings. The van der Waals surface area contributed by atoms with Crippen molar-refractivity contribution in [3.63, 3.8) is 0 Å². The van der Waals surface area contributed by atoms with Crippen LogP contribution in [0.1, 0.15) is 58.4 Å². The molecule has 1 aliphatic carbocycles. The fraction of sp³-hybridized carbons (Fsp3) is 0.667. The van der Waals surface area contributed by atoms with Crippen molar-refractivity contribution in [3.8, 4) is 11.5 Å². The summed E-state index contributed by atoms with van der Waals surface area (Å²) in [7, 11) is 0. The Morgan fingerprint density at radius 3 is 2.52 bits per heavy atom. The topological polar surface area (TPSA) is 38.7 Å². The smallest absolute Gasteiger partial charge is 0.161 e. The number of aliphatic hydroxyl groups is 1. The minimum atomic E-state index is -0.713. The first-order valence-electron chi connectivity index (χ1n) is 8.25. The molecule has 0 heterocycles. The molecule has 1 aromatic rings. The Morgan fingerprint density at radius 2 is 1.86 bits per heavy atom. The van der Waals surface area contributed by atoms with Gasteiger partial charge in [0.25, 0.3) is 0 Å². The second kappa shape index (κ2) is 7.17. The Bertz CT molecular complexity index is 458. The molecule has 0 radical (unpaired) electrons. The van der Waals surface area contributed by atoms with Gasteiger partial charge in [0.05, 0.1) is 18.8 Å². The molecule has 0 aromatic heterocycles. The molecule has 1 aromatic carbocycles. The third-order valence-electron chi connectivity index (χ3n) is 4.49. The van der Waals surface area contributed by atoms with E-state index < -0.39 is 5.60 Å². The van der Waals surface area contributed by atoms with Crippen LogP contribution in [0.2, 0.25) is 0 Å². The summed E-state index contributed by atoms with van der Waals surface area (Å²) in [5, 5.41) is 11.1. The van der Waals surface area contributed by atoms with E-state index in [1.54, 1.807) is 0 Å². The molecule has 0 spiro atoms. The van der Waals surface area contributed by atoms with Crippen molar-refractivity contribution in [2.24, 2.45) is 5.92 Å². The maximum atomic E-state index is 11.1. The highest BCUT2D eigenvalue weighted by Gasteiger charge is 2.35. The Hall–Kier alpha value is -1.22. The van der Waals surface area contributed by atoms with E-state index in [0.717, 1.165) is 42.7 Å². The molecule has 3 heteroatoms. The van der Waals surface area contributed by atoms with Gasteiger partial charge in [-0.2, -0.15) is 0 Å². The van der Waals surface area contributed by atoms with Crippen molar-refractivity contribution in [2.45, 2.75) is 58.5 Å². The summed E-state index contributed by atoms with van der Waals surface area (Å²) in [6, 6.07) is 5.88. The summed E-state index contributed by atoms with van der Waals surface area (Å²) >= 11 is 0. The first-order valence-corrected chi connectivity index (χ1v) is 8.25. The number of hydrogen-bond donors (Lipinski definition) is 1. The minimum absolute atomic E-state index is 0.597. The van der Waals surface area contributed by atoms with Crippen LogP contribution in [0.25, 0.3) is 0 Å². The molecule has 2 atom stereocenters. The van der Waals surface area contributed by atoms with Crippen LogP contribution in [0, 0.1) is 5.92 Å². The van der Waals surface area contributed by atoms with Crippen LogP contribution in [0.3, 0.4) is 0 Å². The van der Waals surface area contributed by atoms with Gasteiger partial charge in [-0.3, -0.25) is 0 Å². The molecule has 3 nitrogen and oxygen atoms in total. The third-order valence-corrected chi connectivity index (χ3v) is 4.49. The monoisotopic (exact) mass is 292 g/mol. The van der Waals surface area contributed by atoms with E-state index >= 15 is 0 Å². The quantitative estimate of drug-likeness (QED) is 0.851. The maximum absolute atomic E-state index is 11.1. The number of benzene rings is 1. The van der Waals surface area contributed by atoms with Gasteiger partial charge in [0.1, 0.15) is 0 Å². The van der Waals surface area contributed by atoms with Gasteiger partial charge in [-0.1, -0.05) is 25.8 Å². The van der Waals surface area contributed by atoms with Gasteiger partial charge in [-0.15, -0.1) is 0 Å². The number of hydrogen-bond acceptors (Lipinski definition) is 3. The van der Waals surface area contributed by atoms with Gasteiger partial charge in [-0.05, 0) is 56.7 Å². The highest BCUT2D eigenvalue weighted by Crippen LogP contribution is 2.43. The van der Waals surface area contributed by atoms with Crippen LogP contribution >= 0.6 is 0 Å². The average Bonchev–Trinajstić information content (AvgIpc) is 2.49. The third kappa shape index (κ3) is 3.70.